The van der Waals surface area contributed by atoms with Gasteiger partial charge in [0.15, 0.2) is 0 Å². The van der Waals surface area contributed by atoms with Crippen molar-refractivity contribution in [3.05, 3.63) is 29.3 Å². The minimum atomic E-state index is 0.205. The van der Waals surface area contributed by atoms with Crippen LogP contribution >= 0.6 is 0 Å². The lowest BCUT2D eigenvalue weighted by atomic mass is 9.82. The zero-order valence-electron chi connectivity index (χ0n) is 11.9. The molecule has 0 saturated heterocycles. The summed E-state index contributed by atoms with van der Waals surface area (Å²) < 4.78 is 5.30. The molecule has 2 heteroatoms. The molecule has 0 aliphatic heterocycles. The molecule has 0 spiro atoms. The summed E-state index contributed by atoms with van der Waals surface area (Å²) in [6.07, 6.45) is 0. The van der Waals surface area contributed by atoms with Gasteiger partial charge in [-0.1, -0.05) is 39.8 Å². The van der Waals surface area contributed by atoms with E-state index in [1.807, 2.05) is 0 Å². The van der Waals surface area contributed by atoms with Crippen LogP contribution in [0.5, 0.6) is 5.75 Å². The van der Waals surface area contributed by atoms with Gasteiger partial charge in [0, 0.05) is 6.04 Å². The van der Waals surface area contributed by atoms with Gasteiger partial charge in [0.1, 0.15) is 5.75 Å². The standard InChI is InChI=1S/C15H25NO/c1-7-16-14(15(3,4)5)12-8-9-13(17-6)11(2)10-12/h8-10,14,16H,7H2,1-6H3. The number of benzene rings is 1. The van der Waals surface area contributed by atoms with E-state index < -0.39 is 0 Å². The summed E-state index contributed by atoms with van der Waals surface area (Å²) in [6, 6.07) is 6.81. The van der Waals surface area contributed by atoms with Gasteiger partial charge in [0.05, 0.1) is 7.11 Å². The quantitative estimate of drug-likeness (QED) is 0.859. The fraction of sp³-hybridized carbons (Fsp3) is 0.600. The first-order valence-electron chi connectivity index (χ1n) is 6.28. The maximum absolute atomic E-state index is 5.30. The zero-order chi connectivity index (χ0) is 13.1. The lowest BCUT2D eigenvalue weighted by Crippen LogP contribution is -2.32. The maximum Gasteiger partial charge on any atom is 0.121 e. The average molecular weight is 235 g/mol. The van der Waals surface area contributed by atoms with Crippen molar-refractivity contribution in [2.24, 2.45) is 5.41 Å². The van der Waals surface area contributed by atoms with Crippen LogP contribution in [-0.2, 0) is 0 Å². The fourth-order valence-electron chi connectivity index (χ4n) is 2.21. The van der Waals surface area contributed by atoms with Gasteiger partial charge in [0.25, 0.3) is 0 Å². The van der Waals surface area contributed by atoms with Crippen LogP contribution in [0.1, 0.15) is 44.9 Å². The Bertz CT molecular complexity index is 366. The third-order valence-corrected chi connectivity index (χ3v) is 3.03. The summed E-state index contributed by atoms with van der Waals surface area (Å²) >= 11 is 0. The van der Waals surface area contributed by atoms with E-state index in [9.17, 15) is 0 Å². The van der Waals surface area contributed by atoms with Gasteiger partial charge < -0.3 is 10.1 Å². The molecule has 1 rings (SSSR count). The molecule has 96 valence electrons. The summed E-state index contributed by atoms with van der Waals surface area (Å²) in [5, 5.41) is 3.56. The molecule has 0 fully saturated rings. The number of hydrogen-bond donors (Lipinski definition) is 1. The Morgan fingerprint density at radius 1 is 1.29 bits per heavy atom. The van der Waals surface area contributed by atoms with Crippen LogP contribution < -0.4 is 10.1 Å². The molecule has 0 bridgehead atoms. The smallest absolute Gasteiger partial charge is 0.121 e. The molecule has 17 heavy (non-hydrogen) atoms. The van der Waals surface area contributed by atoms with Crippen molar-refractivity contribution in [1.82, 2.24) is 5.32 Å². The van der Waals surface area contributed by atoms with Crippen LogP contribution in [0.25, 0.3) is 0 Å². The number of hydrogen-bond acceptors (Lipinski definition) is 2. The molecule has 1 aromatic carbocycles. The SMILES string of the molecule is CCNC(c1ccc(OC)c(C)c1)C(C)(C)C. The minimum absolute atomic E-state index is 0.205. The zero-order valence-corrected chi connectivity index (χ0v) is 11.9. The lowest BCUT2D eigenvalue weighted by molar-refractivity contribution is 0.276. The summed E-state index contributed by atoms with van der Waals surface area (Å²) in [5.74, 6) is 0.956. The highest BCUT2D eigenvalue weighted by atomic mass is 16.5. The van der Waals surface area contributed by atoms with Crippen LogP contribution in [0.4, 0.5) is 0 Å². The first kappa shape index (κ1) is 14.0. The van der Waals surface area contributed by atoms with Gasteiger partial charge >= 0.3 is 0 Å². The summed E-state index contributed by atoms with van der Waals surface area (Å²) in [4.78, 5) is 0. The van der Waals surface area contributed by atoms with Crippen molar-refractivity contribution < 1.29 is 4.74 Å². The van der Waals surface area contributed by atoms with Crippen LogP contribution in [0.15, 0.2) is 18.2 Å². The summed E-state index contributed by atoms with van der Waals surface area (Å²) in [5.41, 5.74) is 2.73. The van der Waals surface area contributed by atoms with Crippen LogP contribution in [0.2, 0.25) is 0 Å². The normalized spacial score (nSPS) is 13.5. The predicted molar refractivity (Wildman–Crippen MR) is 73.6 cm³/mol. The molecule has 1 atom stereocenters. The number of methoxy groups -OCH3 is 1. The summed E-state index contributed by atoms with van der Waals surface area (Å²) in [7, 11) is 1.72. The van der Waals surface area contributed by atoms with Crippen molar-refractivity contribution in [3.63, 3.8) is 0 Å². The highest BCUT2D eigenvalue weighted by Gasteiger charge is 2.25. The average Bonchev–Trinajstić information content (AvgIpc) is 2.24. The van der Waals surface area contributed by atoms with E-state index in [2.05, 4.69) is 58.1 Å². The maximum atomic E-state index is 5.30. The minimum Gasteiger partial charge on any atom is -0.496 e. The van der Waals surface area contributed by atoms with Gasteiger partial charge in [0.2, 0.25) is 0 Å². The molecule has 0 radical (unpaired) electrons. The van der Waals surface area contributed by atoms with E-state index >= 15 is 0 Å². The first-order valence-corrected chi connectivity index (χ1v) is 6.28. The Kier molecular flexibility index (Phi) is 4.58. The van der Waals surface area contributed by atoms with Crippen LogP contribution in [0.3, 0.4) is 0 Å². The number of ether oxygens (including phenoxy) is 1. The van der Waals surface area contributed by atoms with E-state index in [0.717, 1.165) is 12.3 Å². The largest absolute Gasteiger partial charge is 0.496 e. The Morgan fingerprint density at radius 3 is 2.35 bits per heavy atom. The van der Waals surface area contributed by atoms with E-state index in [-0.39, 0.29) is 5.41 Å². The Morgan fingerprint density at radius 2 is 1.94 bits per heavy atom. The van der Waals surface area contributed by atoms with Gasteiger partial charge in [-0.3, -0.25) is 0 Å². The predicted octanol–water partition coefficient (Wildman–Crippen LogP) is 3.70. The Hall–Kier alpha value is -1.02. The highest BCUT2D eigenvalue weighted by Crippen LogP contribution is 2.34. The number of nitrogens with one attached hydrogen (secondary N) is 1. The summed E-state index contributed by atoms with van der Waals surface area (Å²) in [6.45, 7) is 12.0. The van der Waals surface area contributed by atoms with Crippen LogP contribution in [0, 0.1) is 12.3 Å². The van der Waals surface area contributed by atoms with Gasteiger partial charge in [-0.05, 0) is 36.1 Å². The number of aryl methyl sites for hydroxylation is 1. The van der Waals surface area contributed by atoms with Gasteiger partial charge in [-0.2, -0.15) is 0 Å². The molecule has 1 N–H and O–H groups in total. The molecular formula is C15H25NO. The van der Waals surface area contributed by atoms with E-state index in [0.29, 0.717) is 6.04 Å². The topological polar surface area (TPSA) is 21.3 Å². The Labute approximate surface area is 105 Å². The van der Waals surface area contributed by atoms with Gasteiger partial charge in [-0.15, -0.1) is 0 Å². The fourth-order valence-corrected chi connectivity index (χ4v) is 2.21. The number of rotatable bonds is 4. The first-order chi connectivity index (χ1) is 7.90. The Balaban J connectivity index is 3.07. The highest BCUT2D eigenvalue weighted by molar-refractivity contribution is 5.37. The molecule has 1 aromatic rings. The molecule has 0 aliphatic carbocycles. The van der Waals surface area contributed by atoms with E-state index in [4.69, 9.17) is 4.74 Å². The molecule has 0 aromatic heterocycles. The molecule has 0 amide bonds. The van der Waals surface area contributed by atoms with Crippen molar-refractivity contribution in [2.45, 2.75) is 40.7 Å². The molecule has 0 aliphatic rings. The van der Waals surface area contributed by atoms with Gasteiger partial charge in [-0.25, -0.2) is 0 Å². The molecular weight excluding hydrogens is 210 g/mol. The molecule has 1 unspecified atom stereocenters. The van der Waals surface area contributed by atoms with E-state index in [1.54, 1.807) is 7.11 Å². The second-order valence-corrected chi connectivity index (χ2v) is 5.59. The van der Waals surface area contributed by atoms with Crippen molar-refractivity contribution in [1.29, 1.82) is 0 Å². The molecule has 0 heterocycles. The second kappa shape index (κ2) is 5.54. The molecule has 2 nitrogen and oxygen atoms in total. The monoisotopic (exact) mass is 235 g/mol. The third-order valence-electron chi connectivity index (χ3n) is 3.03. The van der Waals surface area contributed by atoms with Crippen molar-refractivity contribution in [3.8, 4) is 5.75 Å². The third kappa shape index (κ3) is 3.47. The van der Waals surface area contributed by atoms with Crippen molar-refractivity contribution in [2.75, 3.05) is 13.7 Å². The molecule has 0 saturated carbocycles. The lowest BCUT2D eigenvalue weighted by Gasteiger charge is -2.32. The second-order valence-electron chi connectivity index (χ2n) is 5.59. The van der Waals surface area contributed by atoms with Crippen molar-refractivity contribution >= 4 is 0 Å². The van der Waals surface area contributed by atoms with Crippen LogP contribution in [-0.4, -0.2) is 13.7 Å². The van der Waals surface area contributed by atoms with E-state index in [1.165, 1.54) is 11.1 Å².